The topological polar surface area (TPSA) is 98.1 Å². The van der Waals surface area contributed by atoms with E-state index >= 15 is 0 Å². The predicted octanol–water partition coefficient (Wildman–Crippen LogP) is 2.89. The molecule has 1 heterocycles. The van der Waals surface area contributed by atoms with E-state index in [1.54, 1.807) is 31.2 Å². The van der Waals surface area contributed by atoms with Crippen molar-refractivity contribution in [2.45, 2.75) is 19.4 Å². The van der Waals surface area contributed by atoms with E-state index in [-0.39, 0.29) is 18.2 Å². The second-order valence-corrected chi connectivity index (χ2v) is 6.08. The second kappa shape index (κ2) is 9.31. The number of benzene rings is 2. The Morgan fingerprint density at radius 1 is 1.04 bits per heavy atom. The number of amides is 2. The number of hydrogen-bond donors (Lipinski definition) is 2. The van der Waals surface area contributed by atoms with Gasteiger partial charge in [0.1, 0.15) is 24.4 Å². The van der Waals surface area contributed by atoms with E-state index in [0.717, 1.165) is 5.75 Å². The van der Waals surface area contributed by atoms with Gasteiger partial charge in [0.05, 0.1) is 13.0 Å². The van der Waals surface area contributed by atoms with Crippen molar-refractivity contribution in [3.8, 4) is 5.75 Å². The molecule has 28 heavy (non-hydrogen) atoms. The number of hydrogen-bond acceptors (Lipinski definition) is 5. The van der Waals surface area contributed by atoms with Crippen molar-refractivity contribution in [2.75, 3.05) is 17.2 Å². The summed E-state index contributed by atoms with van der Waals surface area (Å²) in [6.07, 6.45) is 3.11. The van der Waals surface area contributed by atoms with E-state index in [1.807, 2.05) is 30.3 Å². The lowest BCUT2D eigenvalue weighted by atomic mass is 10.2. The van der Waals surface area contributed by atoms with Gasteiger partial charge in [0.25, 0.3) is 0 Å². The number of aromatic nitrogens is 3. The van der Waals surface area contributed by atoms with Crippen LogP contribution in [0.2, 0.25) is 0 Å². The Morgan fingerprint density at radius 2 is 1.71 bits per heavy atom. The zero-order valence-corrected chi connectivity index (χ0v) is 15.4. The number of carbonyl (C=O) groups is 2. The van der Waals surface area contributed by atoms with Crippen molar-refractivity contribution < 1.29 is 14.3 Å². The Labute approximate surface area is 162 Å². The molecule has 8 nitrogen and oxygen atoms in total. The van der Waals surface area contributed by atoms with Crippen LogP contribution in [0.5, 0.6) is 5.75 Å². The van der Waals surface area contributed by atoms with Gasteiger partial charge in [-0.1, -0.05) is 18.2 Å². The molecule has 0 radical (unpaired) electrons. The highest BCUT2D eigenvalue weighted by Gasteiger charge is 2.15. The van der Waals surface area contributed by atoms with E-state index in [9.17, 15) is 9.59 Å². The third-order valence-electron chi connectivity index (χ3n) is 3.99. The Morgan fingerprint density at radius 3 is 2.36 bits per heavy atom. The van der Waals surface area contributed by atoms with Crippen molar-refractivity contribution in [1.29, 1.82) is 0 Å². The van der Waals surface area contributed by atoms with Gasteiger partial charge < -0.3 is 15.4 Å². The number of ether oxygens (including phenoxy) is 1. The maximum atomic E-state index is 12.2. The van der Waals surface area contributed by atoms with Gasteiger partial charge in [0.2, 0.25) is 11.8 Å². The summed E-state index contributed by atoms with van der Waals surface area (Å²) in [5.74, 6) is 0.378. The van der Waals surface area contributed by atoms with Crippen LogP contribution in [0.1, 0.15) is 19.4 Å². The molecule has 0 aliphatic rings. The number of rotatable bonds is 8. The number of nitrogens with zero attached hydrogens (tertiary/aromatic N) is 3. The first-order valence-corrected chi connectivity index (χ1v) is 8.84. The van der Waals surface area contributed by atoms with Gasteiger partial charge >= 0.3 is 0 Å². The average molecular weight is 379 g/mol. The van der Waals surface area contributed by atoms with Crippen molar-refractivity contribution >= 4 is 23.2 Å². The van der Waals surface area contributed by atoms with Crippen LogP contribution in [-0.4, -0.2) is 33.2 Å². The van der Waals surface area contributed by atoms with Crippen LogP contribution < -0.4 is 15.4 Å². The van der Waals surface area contributed by atoms with Crippen molar-refractivity contribution in [2.24, 2.45) is 0 Å². The highest BCUT2D eigenvalue weighted by molar-refractivity contribution is 5.94. The Kier molecular flexibility index (Phi) is 6.35. The molecule has 1 atom stereocenters. The zero-order chi connectivity index (χ0) is 19.8. The normalized spacial score (nSPS) is 11.5. The van der Waals surface area contributed by atoms with Gasteiger partial charge in [0, 0.05) is 11.4 Å². The number of anilines is 2. The Hall–Kier alpha value is -3.68. The van der Waals surface area contributed by atoms with E-state index in [4.69, 9.17) is 4.74 Å². The maximum Gasteiger partial charge on any atom is 0.249 e. The molecule has 0 bridgehead atoms. The van der Waals surface area contributed by atoms with Crippen molar-refractivity contribution in [3.63, 3.8) is 0 Å². The fraction of sp³-hybridized carbons (Fsp3) is 0.200. The smallest absolute Gasteiger partial charge is 0.249 e. The van der Waals surface area contributed by atoms with Crippen LogP contribution in [0.15, 0.2) is 67.3 Å². The number of para-hydroxylation sites is 1. The quantitative estimate of drug-likeness (QED) is 0.627. The highest BCUT2D eigenvalue weighted by atomic mass is 16.5. The van der Waals surface area contributed by atoms with Crippen LogP contribution in [0.25, 0.3) is 0 Å². The Bertz CT molecular complexity index is 895. The van der Waals surface area contributed by atoms with Crippen molar-refractivity contribution in [3.05, 3.63) is 67.3 Å². The van der Waals surface area contributed by atoms with E-state index in [1.165, 1.54) is 17.3 Å². The molecule has 3 aromatic rings. The summed E-state index contributed by atoms with van der Waals surface area (Å²) in [5, 5.41) is 9.56. The molecule has 3 rings (SSSR count). The molecule has 0 saturated heterocycles. The summed E-state index contributed by atoms with van der Waals surface area (Å²) in [7, 11) is 0. The zero-order valence-electron chi connectivity index (χ0n) is 15.4. The van der Waals surface area contributed by atoms with Crippen LogP contribution >= 0.6 is 0 Å². The molecule has 2 N–H and O–H groups in total. The molecular formula is C20H21N5O3. The number of carbonyl (C=O) groups excluding carboxylic acids is 2. The first-order chi connectivity index (χ1) is 13.6. The molecule has 0 saturated carbocycles. The lowest BCUT2D eigenvalue weighted by Crippen LogP contribution is -2.24. The molecule has 2 aromatic carbocycles. The lowest BCUT2D eigenvalue weighted by Gasteiger charge is -2.12. The summed E-state index contributed by atoms with van der Waals surface area (Å²) < 4.78 is 6.98. The van der Waals surface area contributed by atoms with Crippen molar-refractivity contribution in [1.82, 2.24) is 14.8 Å². The van der Waals surface area contributed by atoms with Gasteiger partial charge in [0.15, 0.2) is 0 Å². The third-order valence-corrected chi connectivity index (χ3v) is 3.99. The van der Waals surface area contributed by atoms with Crippen LogP contribution in [0.3, 0.4) is 0 Å². The SMILES string of the molecule is C[C@H](C(=O)Nc1ccc(NC(=O)CCOc2ccccc2)cc1)n1cncn1. The molecule has 8 heteroatoms. The van der Waals surface area contributed by atoms with Crippen LogP contribution in [-0.2, 0) is 9.59 Å². The molecule has 0 spiro atoms. The summed E-state index contributed by atoms with van der Waals surface area (Å²) >= 11 is 0. The van der Waals surface area contributed by atoms with E-state index in [2.05, 4.69) is 20.7 Å². The van der Waals surface area contributed by atoms with E-state index < -0.39 is 6.04 Å². The minimum atomic E-state index is -0.480. The summed E-state index contributed by atoms with van der Waals surface area (Å²) in [4.78, 5) is 28.1. The largest absolute Gasteiger partial charge is 0.493 e. The summed E-state index contributed by atoms with van der Waals surface area (Å²) in [5.41, 5.74) is 1.27. The second-order valence-electron chi connectivity index (χ2n) is 6.08. The van der Waals surface area contributed by atoms with Gasteiger partial charge in [-0.15, -0.1) is 0 Å². The summed E-state index contributed by atoms with van der Waals surface area (Å²) in [6.45, 7) is 2.03. The first-order valence-electron chi connectivity index (χ1n) is 8.84. The van der Waals surface area contributed by atoms with E-state index in [0.29, 0.717) is 18.0 Å². The molecule has 0 aliphatic heterocycles. The van der Waals surface area contributed by atoms with Gasteiger partial charge in [-0.2, -0.15) is 5.10 Å². The minimum absolute atomic E-state index is 0.146. The maximum absolute atomic E-state index is 12.2. The first kappa shape index (κ1) is 19.1. The molecule has 0 unspecified atom stereocenters. The number of nitrogens with one attached hydrogen (secondary N) is 2. The molecule has 0 aliphatic carbocycles. The fourth-order valence-electron chi connectivity index (χ4n) is 2.42. The molecule has 2 amide bonds. The lowest BCUT2D eigenvalue weighted by molar-refractivity contribution is -0.119. The Balaban J connectivity index is 1.44. The molecule has 1 aromatic heterocycles. The van der Waals surface area contributed by atoms with Gasteiger partial charge in [-0.3, -0.25) is 9.59 Å². The minimum Gasteiger partial charge on any atom is -0.493 e. The molecule has 0 fully saturated rings. The highest BCUT2D eigenvalue weighted by Crippen LogP contribution is 2.16. The fourth-order valence-corrected chi connectivity index (χ4v) is 2.42. The summed E-state index contributed by atoms with van der Waals surface area (Å²) in [6, 6.07) is 15.8. The van der Waals surface area contributed by atoms with Gasteiger partial charge in [-0.25, -0.2) is 9.67 Å². The van der Waals surface area contributed by atoms with Crippen LogP contribution in [0, 0.1) is 0 Å². The van der Waals surface area contributed by atoms with Crippen LogP contribution in [0.4, 0.5) is 11.4 Å². The molecular weight excluding hydrogens is 358 g/mol. The third kappa shape index (κ3) is 5.41. The standard InChI is InChI=1S/C20H21N5O3/c1-15(25-14-21-13-22-25)20(27)24-17-9-7-16(8-10-17)23-19(26)11-12-28-18-5-3-2-4-6-18/h2-10,13-15H,11-12H2,1H3,(H,23,26)(H,24,27)/t15-/m1/s1. The average Bonchev–Trinajstić information content (AvgIpc) is 3.24. The molecule has 144 valence electrons. The van der Waals surface area contributed by atoms with Gasteiger partial charge in [-0.05, 0) is 43.3 Å². The predicted molar refractivity (Wildman–Crippen MR) is 105 cm³/mol. The monoisotopic (exact) mass is 379 g/mol.